The van der Waals surface area contributed by atoms with Crippen LogP contribution >= 0.6 is 0 Å². The Bertz CT molecular complexity index is 790. The van der Waals surface area contributed by atoms with Crippen LogP contribution in [-0.4, -0.2) is 16.0 Å². The highest BCUT2D eigenvalue weighted by atomic mass is 16.3. The molecule has 0 radical (unpaired) electrons. The zero-order chi connectivity index (χ0) is 14.1. The molecule has 0 unspecified atom stereocenters. The number of hydrogen-bond acceptors (Lipinski definition) is 2. The molecule has 4 nitrogen and oxygen atoms in total. The second kappa shape index (κ2) is 4.74. The van der Waals surface area contributed by atoms with E-state index < -0.39 is 0 Å². The van der Waals surface area contributed by atoms with Gasteiger partial charge in [-0.05, 0) is 42.6 Å². The van der Waals surface area contributed by atoms with E-state index in [-0.39, 0.29) is 11.7 Å². The van der Waals surface area contributed by atoms with Crippen molar-refractivity contribution in [1.82, 2.24) is 4.98 Å². The third-order valence-corrected chi connectivity index (χ3v) is 3.37. The van der Waals surface area contributed by atoms with Crippen molar-refractivity contribution in [3.05, 3.63) is 59.8 Å². The van der Waals surface area contributed by atoms with Crippen molar-refractivity contribution in [2.24, 2.45) is 0 Å². The van der Waals surface area contributed by atoms with Crippen molar-refractivity contribution in [2.45, 2.75) is 6.92 Å². The van der Waals surface area contributed by atoms with Gasteiger partial charge in [-0.1, -0.05) is 12.1 Å². The summed E-state index contributed by atoms with van der Waals surface area (Å²) in [6.45, 7) is 1.76. The first-order valence-corrected chi connectivity index (χ1v) is 6.32. The van der Waals surface area contributed by atoms with Crippen LogP contribution in [0, 0.1) is 6.92 Å². The van der Waals surface area contributed by atoms with E-state index in [1.54, 1.807) is 31.2 Å². The molecular formula is C16H14N2O2. The highest BCUT2D eigenvalue weighted by Crippen LogP contribution is 2.24. The Morgan fingerprint density at radius 3 is 2.90 bits per heavy atom. The summed E-state index contributed by atoms with van der Waals surface area (Å²) >= 11 is 0. The molecule has 1 amide bonds. The summed E-state index contributed by atoms with van der Waals surface area (Å²) in [5.41, 5.74) is 2.76. The highest BCUT2D eigenvalue weighted by molar-refractivity contribution is 6.06. The number of aromatic hydroxyl groups is 1. The Morgan fingerprint density at radius 1 is 1.20 bits per heavy atom. The van der Waals surface area contributed by atoms with Gasteiger partial charge in [0.15, 0.2) is 0 Å². The van der Waals surface area contributed by atoms with Gasteiger partial charge in [-0.3, -0.25) is 4.79 Å². The van der Waals surface area contributed by atoms with Crippen molar-refractivity contribution in [1.29, 1.82) is 0 Å². The molecule has 3 aromatic rings. The Labute approximate surface area is 116 Å². The Hall–Kier alpha value is -2.75. The molecule has 1 heterocycles. The van der Waals surface area contributed by atoms with Crippen molar-refractivity contribution in [3.8, 4) is 5.75 Å². The molecule has 0 atom stereocenters. The third kappa shape index (κ3) is 2.12. The molecule has 4 heteroatoms. The molecule has 20 heavy (non-hydrogen) atoms. The Morgan fingerprint density at radius 2 is 2.05 bits per heavy atom. The van der Waals surface area contributed by atoms with Crippen LogP contribution in [0.4, 0.5) is 5.69 Å². The number of hydrogen-bond donors (Lipinski definition) is 3. The predicted octanol–water partition coefficient (Wildman–Crippen LogP) is 3.43. The fourth-order valence-electron chi connectivity index (χ4n) is 2.14. The van der Waals surface area contributed by atoms with Gasteiger partial charge >= 0.3 is 0 Å². The van der Waals surface area contributed by atoms with Gasteiger partial charge in [0.1, 0.15) is 5.75 Å². The van der Waals surface area contributed by atoms with Crippen LogP contribution < -0.4 is 5.32 Å². The molecule has 100 valence electrons. The molecule has 0 fully saturated rings. The first kappa shape index (κ1) is 12.3. The van der Waals surface area contributed by atoms with Crippen molar-refractivity contribution in [2.75, 3.05) is 5.32 Å². The number of carbonyl (C=O) groups is 1. The molecular weight excluding hydrogens is 252 g/mol. The van der Waals surface area contributed by atoms with Crippen LogP contribution in [0.1, 0.15) is 15.9 Å². The number of rotatable bonds is 2. The average molecular weight is 266 g/mol. The molecule has 0 aliphatic heterocycles. The first-order chi connectivity index (χ1) is 9.65. The van der Waals surface area contributed by atoms with Crippen molar-refractivity contribution >= 4 is 22.5 Å². The van der Waals surface area contributed by atoms with E-state index in [4.69, 9.17) is 0 Å². The van der Waals surface area contributed by atoms with Crippen LogP contribution in [0.2, 0.25) is 0 Å². The van der Waals surface area contributed by atoms with E-state index >= 15 is 0 Å². The molecule has 0 bridgehead atoms. The fraction of sp³-hybridized carbons (Fsp3) is 0.0625. The zero-order valence-electron chi connectivity index (χ0n) is 11.0. The number of carbonyl (C=O) groups excluding carboxylic acids is 1. The molecule has 0 saturated carbocycles. The van der Waals surface area contributed by atoms with Gasteiger partial charge in [-0.25, -0.2) is 0 Å². The lowest BCUT2D eigenvalue weighted by Gasteiger charge is -2.09. The summed E-state index contributed by atoms with van der Waals surface area (Å²) in [5, 5.41) is 13.5. The van der Waals surface area contributed by atoms with Crippen molar-refractivity contribution in [3.63, 3.8) is 0 Å². The van der Waals surface area contributed by atoms with Crippen LogP contribution in [0.5, 0.6) is 5.75 Å². The summed E-state index contributed by atoms with van der Waals surface area (Å²) in [4.78, 5) is 15.3. The van der Waals surface area contributed by atoms with Gasteiger partial charge in [-0.15, -0.1) is 0 Å². The molecule has 1 aromatic heterocycles. The fourth-order valence-corrected chi connectivity index (χ4v) is 2.14. The van der Waals surface area contributed by atoms with Gasteiger partial charge in [0, 0.05) is 28.5 Å². The van der Waals surface area contributed by atoms with Gasteiger partial charge in [-0.2, -0.15) is 0 Å². The maximum absolute atomic E-state index is 12.2. The first-order valence-electron chi connectivity index (χ1n) is 6.32. The van der Waals surface area contributed by atoms with Gasteiger partial charge in [0.25, 0.3) is 5.91 Å². The van der Waals surface area contributed by atoms with Crippen LogP contribution in [0.3, 0.4) is 0 Å². The lowest BCUT2D eigenvalue weighted by molar-refractivity contribution is 0.102. The predicted molar refractivity (Wildman–Crippen MR) is 79.1 cm³/mol. The van der Waals surface area contributed by atoms with Gasteiger partial charge in [0.2, 0.25) is 0 Å². The minimum absolute atomic E-state index is 0.169. The number of phenolic OH excluding ortho intramolecular Hbond substituents is 1. The summed E-state index contributed by atoms with van der Waals surface area (Å²) in [5.74, 6) is -0.0298. The monoisotopic (exact) mass is 266 g/mol. The van der Waals surface area contributed by atoms with Crippen LogP contribution in [0.15, 0.2) is 48.7 Å². The number of H-pyrrole nitrogens is 1. The molecule has 2 aromatic carbocycles. The minimum atomic E-state index is -0.199. The second-order valence-corrected chi connectivity index (χ2v) is 4.68. The van der Waals surface area contributed by atoms with Crippen LogP contribution in [-0.2, 0) is 0 Å². The number of anilines is 1. The smallest absolute Gasteiger partial charge is 0.255 e. The standard InChI is InChI=1S/C16H14N2O2/c1-10-13(3-2-4-15(10)19)18-16(20)12-6-5-11-7-8-17-14(11)9-12/h2-9,17,19H,1H3,(H,18,20). The van der Waals surface area contributed by atoms with E-state index in [1.807, 2.05) is 24.4 Å². The number of phenols is 1. The quantitative estimate of drug-likeness (QED) is 0.665. The normalized spacial score (nSPS) is 10.7. The van der Waals surface area contributed by atoms with E-state index in [9.17, 15) is 9.90 Å². The summed E-state index contributed by atoms with van der Waals surface area (Å²) in [6.07, 6.45) is 1.84. The lowest BCUT2D eigenvalue weighted by Crippen LogP contribution is -2.12. The Balaban J connectivity index is 1.90. The largest absolute Gasteiger partial charge is 0.508 e. The second-order valence-electron chi connectivity index (χ2n) is 4.68. The van der Waals surface area contributed by atoms with Crippen molar-refractivity contribution < 1.29 is 9.90 Å². The Kier molecular flexibility index (Phi) is 2.91. The number of nitrogens with one attached hydrogen (secondary N) is 2. The maximum Gasteiger partial charge on any atom is 0.255 e. The van der Waals surface area contributed by atoms with Gasteiger partial charge in [0.05, 0.1) is 0 Å². The molecule has 3 N–H and O–H groups in total. The SMILES string of the molecule is Cc1c(O)cccc1NC(=O)c1ccc2cc[nH]c2c1. The lowest BCUT2D eigenvalue weighted by atomic mass is 10.1. The number of benzene rings is 2. The van der Waals surface area contributed by atoms with E-state index in [2.05, 4.69) is 10.3 Å². The van der Waals surface area contributed by atoms with E-state index in [0.29, 0.717) is 16.8 Å². The zero-order valence-corrected chi connectivity index (χ0v) is 11.0. The molecule has 0 spiro atoms. The number of fused-ring (bicyclic) bond motifs is 1. The topological polar surface area (TPSA) is 65.1 Å². The van der Waals surface area contributed by atoms with Gasteiger partial charge < -0.3 is 15.4 Å². The van der Waals surface area contributed by atoms with E-state index in [1.165, 1.54) is 0 Å². The summed E-state index contributed by atoms with van der Waals surface area (Å²) in [6, 6.07) is 12.5. The average Bonchev–Trinajstić information content (AvgIpc) is 2.91. The van der Waals surface area contributed by atoms with Crippen LogP contribution in [0.25, 0.3) is 10.9 Å². The maximum atomic E-state index is 12.2. The highest BCUT2D eigenvalue weighted by Gasteiger charge is 2.10. The molecule has 0 saturated heterocycles. The third-order valence-electron chi connectivity index (χ3n) is 3.37. The molecule has 0 aliphatic carbocycles. The number of aromatic nitrogens is 1. The number of aromatic amines is 1. The molecule has 0 aliphatic rings. The molecule has 3 rings (SSSR count). The minimum Gasteiger partial charge on any atom is -0.508 e. The summed E-state index contributed by atoms with van der Waals surface area (Å²) < 4.78 is 0. The van der Waals surface area contributed by atoms with E-state index in [0.717, 1.165) is 10.9 Å². The summed E-state index contributed by atoms with van der Waals surface area (Å²) in [7, 11) is 0. The number of amides is 1.